The predicted molar refractivity (Wildman–Crippen MR) is 85.5 cm³/mol. The van der Waals surface area contributed by atoms with Crippen LogP contribution in [0.1, 0.15) is 27.5 Å². The lowest BCUT2D eigenvalue weighted by Gasteiger charge is -2.13. The first-order valence-electron chi connectivity index (χ1n) is 7.35. The zero-order valence-corrected chi connectivity index (χ0v) is 13.4. The summed E-state index contributed by atoms with van der Waals surface area (Å²) in [6.07, 6.45) is 1.26. The van der Waals surface area contributed by atoms with Crippen LogP contribution in [0.25, 0.3) is 0 Å². The molecule has 0 saturated heterocycles. The Labute approximate surface area is 141 Å². The van der Waals surface area contributed by atoms with Gasteiger partial charge in [-0.1, -0.05) is 6.07 Å². The van der Waals surface area contributed by atoms with Gasteiger partial charge in [-0.05, 0) is 43.7 Å². The standard InChI is InChI=1S/C18H13F3N2O2/c1-9-3-6-14(13(20)7-9)23-16-11(4-5-12(19)15(16)21)17(24)18-22-10(2)8-25-18/h3-8,23H,1-2H3. The second-order valence-corrected chi connectivity index (χ2v) is 5.52. The van der Waals surface area contributed by atoms with Crippen molar-refractivity contribution in [2.75, 3.05) is 5.32 Å². The van der Waals surface area contributed by atoms with Gasteiger partial charge in [-0.3, -0.25) is 4.79 Å². The fraction of sp³-hybridized carbons (Fsp3) is 0.111. The quantitative estimate of drug-likeness (QED) is 0.697. The molecule has 0 aliphatic heterocycles. The number of carbonyl (C=O) groups is 1. The van der Waals surface area contributed by atoms with E-state index in [1.807, 2.05) is 0 Å². The van der Waals surface area contributed by atoms with Crippen LogP contribution in [0, 0.1) is 31.3 Å². The van der Waals surface area contributed by atoms with Crippen LogP contribution < -0.4 is 5.32 Å². The smallest absolute Gasteiger partial charge is 0.268 e. The molecule has 0 radical (unpaired) electrons. The van der Waals surface area contributed by atoms with Crippen molar-refractivity contribution >= 4 is 17.2 Å². The van der Waals surface area contributed by atoms with Crippen molar-refractivity contribution in [3.63, 3.8) is 0 Å². The third-order valence-corrected chi connectivity index (χ3v) is 3.54. The molecule has 0 aliphatic carbocycles. The highest BCUT2D eigenvalue weighted by molar-refractivity contribution is 6.10. The van der Waals surface area contributed by atoms with Crippen LogP contribution >= 0.6 is 0 Å². The molecule has 2 aromatic carbocycles. The van der Waals surface area contributed by atoms with Crippen molar-refractivity contribution < 1.29 is 22.4 Å². The number of aryl methyl sites for hydroxylation is 2. The first-order chi connectivity index (χ1) is 11.9. The summed E-state index contributed by atoms with van der Waals surface area (Å²) in [6, 6.07) is 6.11. The first kappa shape index (κ1) is 16.8. The maximum atomic E-state index is 14.3. The molecule has 0 bridgehead atoms. The lowest BCUT2D eigenvalue weighted by atomic mass is 10.1. The SMILES string of the molecule is Cc1ccc(Nc2c(C(=O)c3nc(C)co3)ccc(F)c2F)c(F)c1. The van der Waals surface area contributed by atoms with Crippen LogP contribution in [-0.4, -0.2) is 10.8 Å². The fourth-order valence-electron chi connectivity index (χ4n) is 2.29. The van der Waals surface area contributed by atoms with Gasteiger partial charge in [0.25, 0.3) is 5.89 Å². The molecular weight excluding hydrogens is 333 g/mol. The molecule has 1 aromatic heterocycles. The van der Waals surface area contributed by atoms with Gasteiger partial charge in [-0.15, -0.1) is 0 Å². The van der Waals surface area contributed by atoms with Gasteiger partial charge in [-0.25, -0.2) is 18.2 Å². The lowest BCUT2D eigenvalue weighted by molar-refractivity contribution is 0.100. The Balaban J connectivity index is 2.08. The summed E-state index contributed by atoms with van der Waals surface area (Å²) in [5.74, 6) is -4.14. The van der Waals surface area contributed by atoms with Crippen LogP contribution in [-0.2, 0) is 0 Å². The highest BCUT2D eigenvalue weighted by atomic mass is 19.2. The second-order valence-electron chi connectivity index (χ2n) is 5.52. The number of aromatic nitrogens is 1. The highest BCUT2D eigenvalue weighted by Crippen LogP contribution is 2.29. The number of oxazole rings is 1. The van der Waals surface area contributed by atoms with Crippen molar-refractivity contribution in [2.24, 2.45) is 0 Å². The van der Waals surface area contributed by atoms with Crippen LogP contribution in [0.3, 0.4) is 0 Å². The molecule has 3 aromatic rings. The second kappa shape index (κ2) is 6.43. The summed E-state index contributed by atoms with van der Waals surface area (Å²) in [5, 5.41) is 2.45. The normalized spacial score (nSPS) is 10.8. The fourth-order valence-corrected chi connectivity index (χ4v) is 2.29. The third-order valence-electron chi connectivity index (χ3n) is 3.54. The molecule has 0 amide bonds. The van der Waals surface area contributed by atoms with Gasteiger partial charge >= 0.3 is 0 Å². The number of carbonyl (C=O) groups excluding carboxylic acids is 1. The summed E-state index contributed by atoms with van der Waals surface area (Å²) in [6.45, 7) is 3.31. The number of nitrogens with zero attached hydrogens (tertiary/aromatic N) is 1. The molecule has 1 heterocycles. The Morgan fingerprint density at radius 1 is 1.08 bits per heavy atom. The number of ketones is 1. The minimum absolute atomic E-state index is 0.0901. The number of benzene rings is 2. The maximum Gasteiger partial charge on any atom is 0.268 e. The molecule has 0 unspecified atom stereocenters. The summed E-state index contributed by atoms with van der Waals surface area (Å²) >= 11 is 0. The molecule has 0 atom stereocenters. The molecule has 0 saturated carbocycles. The van der Waals surface area contributed by atoms with E-state index in [1.165, 1.54) is 18.4 Å². The highest BCUT2D eigenvalue weighted by Gasteiger charge is 2.23. The van der Waals surface area contributed by atoms with E-state index < -0.39 is 28.9 Å². The molecule has 0 fully saturated rings. The van der Waals surface area contributed by atoms with Gasteiger partial charge in [0.2, 0.25) is 5.78 Å². The molecule has 7 heteroatoms. The molecule has 3 rings (SSSR count). The van der Waals surface area contributed by atoms with Gasteiger partial charge in [0.1, 0.15) is 12.1 Å². The minimum atomic E-state index is -1.30. The largest absolute Gasteiger partial charge is 0.442 e. The van der Waals surface area contributed by atoms with Gasteiger partial charge in [-0.2, -0.15) is 0 Å². The average Bonchev–Trinajstić information content (AvgIpc) is 3.00. The van der Waals surface area contributed by atoms with Crippen LogP contribution in [0.15, 0.2) is 41.0 Å². The maximum absolute atomic E-state index is 14.3. The van der Waals surface area contributed by atoms with Crippen molar-refractivity contribution in [1.82, 2.24) is 4.98 Å². The number of anilines is 2. The zero-order valence-electron chi connectivity index (χ0n) is 13.4. The minimum Gasteiger partial charge on any atom is -0.442 e. The molecular formula is C18H13F3N2O2. The van der Waals surface area contributed by atoms with E-state index >= 15 is 0 Å². The Hall–Kier alpha value is -3.09. The monoisotopic (exact) mass is 346 g/mol. The predicted octanol–water partition coefficient (Wildman–Crippen LogP) is 4.68. The Morgan fingerprint density at radius 3 is 2.48 bits per heavy atom. The average molecular weight is 346 g/mol. The molecule has 1 N–H and O–H groups in total. The third kappa shape index (κ3) is 3.26. The van der Waals surface area contributed by atoms with Crippen molar-refractivity contribution in [1.29, 1.82) is 0 Å². The van der Waals surface area contributed by atoms with Gasteiger partial charge in [0.15, 0.2) is 11.6 Å². The number of rotatable bonds is 4. The van der Waals surface area contributed by atoms with E-state index in [4.69, 9.17) is 4.42 Å². The molecule has 128 valence electrons. The molecule has 25 heavy (non-hydrogen) atoms. The summed E-state index contributed by atoms with van der Waals surface area (Å²) in [7, 11) is 0. The number of halogens is 3. The molecule has 4 nitrogen and oxygen atoms in total. The summed E-state index contributed by atoms with van der Waals surface area (Å²) in [4.78, 5) is 16.4. The molecule has 0 aliphatic rings. The van der Waals surface area contributed by atoms with Crippen LogP contribution in [0.2, 0.25) is 0 Å². The van der Waals surface area contributed by atoms with E-state index in [-0.39, 0.29) is 17.1 Å². The molecule has 0 spiro atoms. The first-order valence-corrected chi connectivity index (χ1v) is 7.35. The summed E-state index contributed by atoms with van der Waals surface area (Å²) in [5.41, 5.74) is 0.330. The topological polar surface area (TPSA) is 55.1 Å². The number of hydrogen-bond acceptors (Lipinski definition) is 4. The van der Waals surface area contributed by atoms with Crippen LogP contribution in [0.4, 0.5) is 24.5 Å². The zero-order chi connectivity index (χ0) is 18.1. The number of hydrogen-bond donors (Lipinski definition) is 1. The van der Waals surface area contributed by atoms with E-state index in [2.05, 4.69) is 10.3 Å². The Bertz CT molecular complexity index is 967. The lowest BCUT2D eigenvalue weighted by Crippen LogP contribution is -2.09. The van der Waals surface area contributed by atoms with Crippen molar-refractivity contribution in [3.8, 4) is 0 Å². The Kier molecular flexibility index (Phi) is 4.31. The van der Waals surface area contributed by atoms with E-state index in [9.17, 15) is 18.0 Å². The van der Waals surface area contributed by atoms with E-state index in [0.717, 1.165) is 12.1 Å². The van der Waals surface area contributed by atoms with E-state index in [1.54, 1.807) is 19.9 Å². The van der Waals surface area contributed by atoms with Crippen molar-refractivity contribution in [3.05, 3.63) is 76.8 Å². The number of nitrogens with one attached hydrogen (secondary N) is 1. The van der Waals surface area contributed by atoms with Gasteiger partial charge in [0, 0.05) is 0 Å². The van der Waals surface area contributed by atoms with Crippen molar-refractivity contribution in [2.45, 2.75) is 13.8 Å². The Morgan fingerprint density at radius 2 is 1.84 bits per heavy atom. The van der Waals surface area contributed by atoms with Crippen LogP contribution in [0.5, 0.6) is 0 Å². The van der Waals surface area contributed by atoms with Gasteiger partial charge in [0.05, 0.1) is 22.6 Å². The van der Waals surface area contributed by atoms with E-state index in [0.29, 0.717) is 11.3 Å². The summed E-state index contributed by atoms with van der Waals surface area (Å²) < 4.78 is 47.0. The van der Waals surface area contributed by atoms with Gasteiger partial charge < -0.3 is 9.73 Å².